The van der Waals surface area contributed by atoms with E-state index in [1.807, 2.05) is 30.3 Å². The number of benzene rings is 1. The molecule has 0 spiro atoms. The number of thiophene rings is 1. The Morgan fingerprint density at radius 1 is 1.27 bits per heavy atom. The Balaban J connectivity index is 1.81. The third-order valence-corrected chi connectivity index (χ3v) is 5.03. The summed E-state index contributed by atoms with van der Waals surface area (Å²) in [6.45, 7) is 0.669. The second kappa shape index (κ2) is 6.10. The molecule has 0 saturated carbocycles. The van der Waals surface area contributed by atoms with Crippen molar-refractivity contribution in [1.29, 1.82) is 0 Å². The first-order valence-corrected chi connectivity index (χ1v) is 8.06. The number of aliphatic carboxylic acids is 1. The molecule has 6 heteroatoms. The van der Waals surface area contributed by atoms with Crippen LogP contribution in [0.3, 0.4) is 0 Å². The number of nitrogens with zero attached hydrogens (tertiary/aromatic N) is 1. The molecule has 1 aliphatic rings. The van der Waals surface area contributed by atoms with E-state index in [1.54, 1.807) is 11.0 Å². The van der Waals surface area contributed by atoms with Gasteiger partial charge in [0.25, 0.3) is 0 Å². The van der Waals surface area contributed by atoms with Crippen molar-refractivity contribution in [2.24, 2.45) is 0 Å². The molecule has 22 heavy (non-hydrogen) atoms. The van der Waals surface area contributed by atoms with Gasteiger partial charge in [-0.2, -0.15) is 0 Å². The highest BCUT2D eigenvalue weighted by Gasteiger charge is 2.32. The van der Waals surface area contributed by atoms with Crippen LogP contribution in [-0.2, 0) is 22.6 Å². The summed E-state index contributed by atoms with van der Waals surface area (Å²) in [4.78, 5) is 26.5. The van der Waals surface area contributed by atoms with Gasteiger partial charge in [0.15, 0.2) is 0 Å². The second-order valence-corrected chi connectivity index (χ2v) is 7.05. The minimum absolute atomic E-state index is 0.0701. The molecule has 0 fully saturated rings. The van der Waals surface area contributed by atoms with E-state index in [-0.39, 0.29) is 18.9 Å². The molecule has 1 unspecified atom stereocenters. The minimum Gasteiger partial charge on any atom is -0.481 e. The predicted octanol–water partition coefficient (Wildman–Crippen LogP) is 3.15. The number of carbonyl (C=O) groups excluding carboxylic acids is 1. The molecule has 2 heterocycles. The van der Waals surface area contributed by atoms with Gasteiger partial charge in [-0.1, -0.05) is 35.9 Å². The number of carboxylic acid groups (broad SMARTS) is 1. The molecule has 1 N–H and O–H groups in total. The van der Waals surface area contributed by atoms with E-state index in [0.29, 0.717) is 10.9 Å². The highest BCUT2D eigenvalue weighted by atomic mass is 35.5. The highest BCUT2D eigenvalue weighted by molar-refractivity contribution is 7.16. The fourth-order valence-electron chi connectivity index (χ4n) is 2.72. The molecule has 114 valence electrons. The van der Waals surface area contributed by atoms with Gasteiger partial charge in [-0.3, -0.25) is 9.59 Å². The molecule has 0 bridgehead atoms. The molecular formula is C16H14ClNO3S. The van der Waals surface area contributed by atoms with Crippen LogP contribution >= 0.6 is 22.9 Å². The van der Waals surface area contributed by atoms with Gasteiger partial charge in [0, 0.05) is 18.0 Å². The van der Waals surface area contributed by atoms with Gasteiger partial charge in [0.05, 0.1) is 16.7 Å². The van der Waals surface area contributed by atoms with Gasteiger partial charge < -0.3 is 10.0 Å². The van der Waals surface area contributed by atoms with Crippen LogP contribution in [0.15, 0.2) is 36.4 Å². The fourth-order valence-corrected chi connectivity index (χ4v) is 3.79. The summed E-state index contributed by atoms with van der Waals surface area (Å²) in [5.41, 5.74) is 1.71. The lowest BCUT2D eigenvalue weighted by Gasteiger charge is -2.32. The number of hydrogen-bond acceptors (Lipinski definition) is 3. The van der Waals surface area contributed by atoms with E-state index < -0.39 is 11.9 Å². The summed E-state index contributed by atoms with van der Waals surface area (Å²) in [5.74, 6) is -1.63. The van der Waals surface area contributed by atoms with Gasteiger partial charge in [-0.25, -0.2) is 0 Å². The van der Waals surface area contributed by atoms with Crippen molar-refractivity contribution in [3.63, 3.8) is 0 Å². The maximum Gasteiger partial charge on any atom is 0.312 e. The van der Waals surface area contributed by atoms with E-state index in [9.17, 15) is 14.7 Å². The topological polar surface area (TPSA) is 57.6 Å². The molecule has 1 amide bonds. The fraction of sp³-hybridized carbons (Fsp3) is 0.250. The third kappa shape index (κ3) is 3.00. The Morgan fingerprint density at radius 3 is 2.73 bits per heavy atom. The second-order valence-electron chi connectivity index (χ2n) is 5.25. The number of carboxylic acids is 1. The summed E-state index contributed by atoms with van der Waals surface area (Å²) in [5, 5.41) is 9.42. The average molecular weight is 336 g/mol. The number of amides is 1. The van der Waals surface area contributed by atoms with Crippen LogP contribution in [0.2, 0.25) is 4.34 Å². The Kier molecular flexibility index (Phi) is 4.18. The largest absolute Gasteiger partial charge is 0.481 e. The van der Waals surface area contributed by atoms with Crippen LogP contribution in [0.1, 0.15) is 21.9 Å². The monoisotopic (exact) mass is 335 g/mol. The number of hydrogen-bond donors (Lipinski definition) is 1. The maximum atomic E-state index is 12.5. The summed E-state index contributed by atoms with van der Waals surface area (Å²) in [7, 11) is 0. The number of carbonyl (C=O) groups is 2. The van der Waals surface area contributed by atoms with Crippen molar-refractivity contribution in [2.45, 2.75) is 18.9 Å². The summed E-state index contributed by atoms with van der Waals surface area (Å²) in [6.07, 6.45) is 0.256. The van der Waals surface area contributed by atoms with Gasteiger partial charge in [0.1, 0.15) is 0 Å². The van der Waals surface area contributed by atoms with Crippen LogP contribution in [0.25, 0.3) is 0 Å². The zero-order valence-corrected chi connectivity index (χ0v) is 13.2. The lowest BCUT2D eigenvalue weighted by Crippen LogP contribution is -2.41. The number of rotatable bonds is 3. The zero-order valence-electron chi connectivity index (χ0n) is 11.7. The van der Waals surface area contributed by atoms with Gasteiger partial charge in [-0.05, 0) is 23.3 Å². The molecule has 0 aliphatic carbocycles. The maximum absolute atomic E-state index is 12.5. The molecule has 0 saturated heterocycles. The first kappa shape index (κ1) is 15.1. The van der Waals surface area contributed by atoms with Gasteiger partial charge in [0.2, 0.25) is 5.91 Å². The van der Waals surface area contributed by atoms with Crippen molar-refractivity contribution in [1.82, 2.24) is 4.90 Å². The first-order chi connectivity index (χ1) is 10.5. The van der Waals surface area contributed by atoms with E-state index in [0.717, 1.165) is 16.0 Å². The van der Waals surface area contributed by atoms with Crippen molar-refractivity contribution < 1.29 is 14.7 Å². The summed E-state index contributed by atoms with van der Waals surface area (Å²) < 4.78 is 0.648. The molecule has 1 atom stereocenters. The molecule has 1 aliphatic heterocycles. The molecule has 1 aromatic carbocycles. The lowest BCUT2D eigenvalue weighted by atomic mass is 9.89. The number of halogens is 1. The van der Waals surface area contributed by atoms with Crippen molar-refractivity contribution >= 4 is 34.8 Å². The zero-order chi connectivity index (χ0) is 15.7. The van der Waals surface area contributed by atoms with Crippen LogP contribution in [0.5, 0.6) is 0 Å². The SMILES string of the molecule is O=C(O)C1CN(C(=O)Cc2ccc(Cl)s2)Cc2ccccc21. The van der Waals surface area contributed by atoms with E-state index >= 15 is 0 Å². The summed E-state index contributed by atoms with van der Waals surface area (Å²) >= 11 is 7.25. The van der Waals surface area contributed by atoms with Gasteiger partial charge >= 0.3 is 5.97 Å². The molecule has 3 rings (SSSR count). The quantitative estimate of drug-likeness (QED) is 0.937. The molecule has 2 aromatic rings. The normalized spacial score (nSPS) is 17.1. The van der Waals surface area contributed by atoms with Crippen LogP contribution in [0.4, 0.5) is 0 Å². The van der Waals surface area contributed by atoms with Crippen molar-refractivity contribution in [3.8, 4) is 0 Å². The molecule has 0 radical (unpaired) electrons. The Hall–Kier alpha value is -1.85. The Morgan fingerprint density at radius 2 is 2.05 bits per heavy atom. The van der Waals surface area contributed by atoms with Crippen LogP contribution < -0.4 is 0 Å². The van der Waals surface area contributed by atoms with Crippen LogP contribution in [0, 0.1) is 0 Å². The van der Waals surface area contributed by atoms with E-state index in [4.69, 9.17) is 11.6 Å². The van der Waals surface area contributed by atoms with Crippen LogP contribution in [-0.4, -0.2) is 28.4 Å². The number of fused-ring (bicyclic) bond motifs is 1. The standard InChI is InChI=1S/C16H14ClNO3S/c17-14-6-5-11(22-14)7-15(19)18-8-10-3-1-2-4-12(10)13(9-18)16(20)21/h1-6,13H,7-9H2,(H,20,21). The van der Waals surface area contributed by atoms with Gasteiger partial charge in [-0.15, -0.1) is 11.3 Å². The molecule has 1 aromatic heterocycles. The van der Waals surface area contributed by atoms with Crippen molar-refractivity contribution in [2.75, 3.05) is 6.54 Å². The first-order valence-electron chi connectivity index (χ1n) is 6.87. The smallest absolute Gasteiger partial charge is 0.312 e. The highest BCUT2D eigenvalue weighted by Crippen LogP contribution is 2.29. The lowest BCUT2D eigenvalue weighted by molar-refractivity contribution is -0.141. The average Bonchev–Trinajstić information content (AvgIpc) is 2.91. The molecular weight excluding hydrogens is 322 g/mol. The predicted molar refractivity (Wildman–Crippen MR) is 85.3 cm³/mol. The Bertz CT molecular complexity index is 728. The van der Waals surface area contributed by atoms with E-state index in [2.05, 4.69) is 0 Å². The third-order valence-electron chi connectivity index (χ3n) is 3.80. The molecule has 4 nitrogen and oxygen atoms in total. The van der Waals surface area contributed by atoms with Crippen molar-refractivity contribution in [3.05, 3.63) is 56.7 Å². The van der Waals surface area contributed by atoms with E-state index in [1.165, 1.54) is 11.3 Å². The minimum atomic E-state index is -0.899. The summed E-state index contributed by atoms with van der Waals surface area (Å²) in [6, 6.07) is 11.0. The Labute approximate surface area is 136 Å².